The van der Waals surface area contributed by atoms with Crippen LogP contribution in [0.25, 0.3) is 11.3 Å². The van der Waals surface area contributed by atoms with Gasteiger partial charge in [0.25, 0.3) is 5.91 Å². The number of carbonyl (C=O) groups excluding carboxylic acids is 1. The van der Waals surface area contributed by atoms with E-state index < -0.39 is 5.69 Å². The van der Waals surface area contributed by atoms with Crippen LogP contribution in [0, 0.1) is 0 Å². The van der Waals surface area contributed by atoms with Crippen LogP contribution in [-0.2, 0) is 0 Å². The molecule has 0 atom stereocenters. The zero-order valence-corrected chi connectivity index (χ0v) is 11.9. The van der Waals surface area contributed by atoms with E-state index in [1.807, 2.05) is 13.8 Å². The van der Waals surface area contributed by atoms with Crippen molar-refractivity contribution in [2.24, 2.45) is 0 Å². The topological polar surface area (TPSA) is 74.8 Å². The van der Waals surface area contributed by atoms with Gasteiger partial charge in [-0.15, -0.1) is 0 Å². The van der Waals surface area contributed by atoms with Gasteiger partial charge in [-0.25, -0.2) is 4.79 Å². The third-order valence-corrected chi connectivity index (χ3v) is 2.80. The second kappa shape index (κ2) is 5.88. The molecule has 0 saturated heterocycles. The van der Waals surface area contributed by atoms with Crippen molar-refractivity contribution in [1.29, 1.82) is 0 Å². The molecule has 2 rings (SSSR count). The fourth-order valence-electron chi connectivity index (χ4n) is 1.69. The molecule has 0 aliphatic carbocycles. The summed E-state index contributed by atoms with van der Waals surface area (Å²) in [6, 6.07) is 8.42. The summed E-state index contributed by atoms with van der Waals surface area (Å²) in [4.78, 5) is 29.8. The largest absolute Gasteiger partial charge is 0.349 e. The first-order valence-corrected chi connectivity index (χ1v) is 6.51. The number of benzene rings is 1. The van der Waals surface area contributed by atoms with E-state index in [0.717, 1.165) is 5.56 Å². The number of hydrogen-bond donors (Lipinski definition) is 2. The third kappa shape index (κ3) is 3.45. The SMILES string of the molecule is CC(C)NC(=O)c1cc(-c2ccc(Cl)cc2)nc(=O)[nH]1. The van der Waals surface area contributed by atoms with Crippen LogP contribution in [0.5, 0.6) is 0 Å². The molecule has 0 aliphatic heterocycles. The molecular weight excluding hydrogens is 278 g/mol. The van der Waals surface area contributed by atoms with Crippen molar-refractivity contribution in [1.82, 2.24) is 15.3 Å². The summed E-state index contributed by atoms with van der Waals surface area (Å²) in [6.07, 6.45) is 0. The molecule has 0 fully saturated rings. The number of nitrogens with zero attached hydrogens (tertiary/aromatic N) is 1. The fourth-order valence-corrected chi connectivity index (χ4v) is 1.81. The van der Waals surface area contributed by atoms with Gasteiger partial charge in [-0.3, -0.25) is 4.79 Å². The predicted molar refractivity (Wildman–Crippen MR) is 77.9 cm³/mol. The first-order valence-electron chi connectivity index (χ1n) is 6.14. The summed E-state index contributed by atoms with van der Waals surface area (Å²) in [5.41, 5.74) is 0.772. The second-order valence-corrected chi connectivity index (χ2v) is 5.06. The van der Waals surface area contributed by atoms with Gasteiger partial charge in [0.2, 0.25) is 0 Å². The average Bonchev–Trinajstić information content (AvgIpc) is 2.38. The number of hydrogen-bond acceptors (Lipinski definition) is 3. The number of amides is 1. The Labute approximate surface area is 121 Å². The highest BCUT2D eigenvalue weighted by Gasteiger charge is 2.11. The molecule has 1 aromatic carbocycles. The van der Waals surface area contributed by atoms with Crippen molar-refractivity contribution in [3.8, 4) is 11.3 Å². The summed E-state index contributed by atoms with van der Waals surface area (Å²) < 4.78 is 0. The number of H-pyrrole nitrogens is 1. The van der Waals surface area contributed by atoms with E-state index in [2.05, 4.69) is 15.3 Å². The first kappa shape index (κ1) is 14.3. The Morgan fingerprint density at radius 1 is 1.30 bits per heavy atom. The molecule has 1 aromatic heterocycles. The van der Waals surface area contributed by atoms with Gasteiger partial charge in [0.05, 0.1) is 5.69 Å². The number of aromatic amines is 1. The minimum absolute atomic E-state index is 0.0156. The lowest BCUT2D eigenvalue weighted by molar-refractivity contribution is 0.0937. The van der Waals surface area contributed by atoms with E-state index in [9.17, 15) is 9.59 Å². The van der Waals surface area contributed by atoms with Crippen molar-refractivity contribution in [2.75, 3.05) is 0 Å². The molecule has 6 heteroatoms. The quantitative estimate of drug-likeness (QED) is 0.910. The van der Waals surface area contributed by atoms with Gasteiger partial charge in [-0.05, 0) is 32.0 Å². The summed E-state index contributed by atoms with van der Waals surface area (Å²) in [5.74, 6) is -0.338. The average molecular weight is 292 g/mol. The standard InChI is InChI=1S/C14H14ClN3O2/c1-8(2)16-13(19)12-7-11(17-14(20)18-12)9-3-5-10(15)6-4-9/h3-8H,1-2H3,(H,16,19)(H,17,18,20). The highest BCUT2D eigenvalue weighted by atomic mass is 35.5. The van der Waals surface area contributed by atoms with Gasteiger partial charge in [0.1, 0.15) is 5.69 Å². The smallest absolute Gasteiger partial charge is 0.346 e. The van der Waals surface area contributed by atoms with Crippen molar-refractivity contribution >= 4 is 17.5 Å². The molecule has 2 aromatic rings. The predicted octanol–water partition coefficient (Wildman–Crippen LogP) is 2.23. The minimum Gasteiger partial charge on any atom is -0.349 e. The highest BCUT2D eigenvalue weighted by molar-refractivity contribution is 6.30. The van der Waals surface area contributed by atoms with Crippen LogP contribution in [0.1, 0.15) is 24.3 Å². The number of carbonyl (C=O) groups is 1. The highest BCUT2D eigenvalue weighted by Crippen LogP contribution is 2.18. The van der Waals surface area contributed by atoms with Gasteiger partial charge in [0.15, 0.2) is 0 Å². The molecule has 0 bridgehead atoms. The maximum Gasteiger partial charge on any atom is 0.346 e. The molecule has 5 nitrogen and oxygen atoms in total. The van der Waals surface area contributed by atoms with E-state index in [1.165, 1.54) is 0 Å². The number of halogens is 1. The molecule has 0 spiro atoms. The molecule has 20 heavy (non-hydrogen) atoms. The Balaban J connectivity index is 2.41. The Hall–Kier alpha value is -2.14. The monoisotopic (exact) mass is 291 g/mol. The maximum absolute atomic E-state index is 11.9. The van der Waals surface area contributed by atoms with Gasteiger partial charge in [-0.2, -0.15) is 4.98 Å². The van der Waals surface area contributed by atoms with E-state index in [-0.39, 0.29) is 17.6 Å². The van der Waals surface area contributed by atoms with Gasteiger partial charge >= 0.3 is 5.69 Å². The normalized spacial score (nSPS) is 10.6. The van der Waals surface area contributed by atoms with E-state index in [1.54, 1.807) is 30.3 Å². The van der Waals surface area contributed by atoms with Crippen LogP contribution in [-0.4, -0.2) is 21.9 Å². The van der Waals surface area contributed by atoms with Crippen LogP contribution in [0.3, 0.4) is 0 Å². The van der Waals surface area contributed by atoms with E-state index >= 15 is 0 Å². The van der Waals surface area contributed by atoms with Gasteiger partial charge in [-0.1, -0.05) is 23.7 Å². The van der Waals surface area contributed by atoms with E-state index in [4.69, 9.17) is 11.6 Å². The maximum atomic E-state index is 11.9. The molecule has 104 valence electrons. The first-order chi connectivity index (χ1) is 9.45. The van der Waals surface area contributed by atoms with Crippen molar-refractivity contribution < 1.29 is 4.79 Å². The van der Waals surface area contributed by atoms with Crippen molar-refractivity contribution in [3.05, 3.63) is 51.5 Å². The van der Waals surface area contributed by atoms with Crippen molar-refractivity contribution in [2.45, 2.75) is 19.9 Å². The molecular formula is C14H14ClN3O2. The Kier molecular flexibility index (Phi) is 4.20. The summed E-state index contributed by atoms with van der Waals surface area (Å²) >= 11 is 5.82. The molecule has 0 saturated carbocycles. The van der Waals surface area contributed by atoms with Gasteiger partial charge < -0.3 is 10.3 Å². The molecule has 1 amide bonds. The van der Waals surface area contributed by atoms with Crippen LogP contribution < -0.4 is 11.0 Å². The number of rotatable bonds is 3. The lowest BCUT2D eigenvalue weighted by Gasteiger charge is -2.08. The summed E-state index contributed by atoms with van der Waals surface area (Å²) in [7, 11) is 0. The fraction of sp³-hybridized carbons (Fsp3) is 0.214. The van der Waals surface area contributed by atoms with Crippen molar-refractivity contribution in [3.63, 3.8) is 0 Å². The number of nitrogens with one attached hydrogen (secondary N) is 2. The minimum atomic E-state index is -0.564. The Morgan fingerprint density at radius 3 is 2.55 bits per heavy atom. The molecule has 1 heterocycles. The van der Waals surface area contributed by atoms with Crippen LogP contribution in [0.2, 0.25) is 5.02 Å². The molecule has 0 unspecified atom stereocenters. The second-order valence-electron chi connectivity index (χ2n) is 4.62. The molecule has 0 radical (unpaired) electrons. The lowest BCUT2D eigenvalue weighted by atomic mass is 10.1. The third-order valence-electron chi connectivity index (χ3n) is 2.55. The summed E-state index contributed by atoms with van der Waals surface area (Å²) in [6.45, 7) is 3.69. The molecule has 2 N–H and O–H groups in total. The van der Waals surface area contributed by atoms with Crippen LogP contribution >= 0.6 is 11.6 Å². The number of aromatic nitrogens is 2. The Morgan fingerprint density at radius 2 is 1.95 bits per heavy atom. The molecule has 0 aliphatic rings. The van der Waals surface area contributed by atoms with E-state index in [0.29, 0.717) is 10.7 Å². The Bertz CT molecular complexity index is 678. The summed E-state index contributed by atoms with van der Waals surface area (Å²) in [5, 5.41) is 3.31. The van der Waals surface area contributed by atoms with Crippen LogP contribution in [0.4, 0.5) is 0 Å². The zero-order valence-electron chi connectivity index (χ0n) is 11.1. The lowest BCUT2D eigenvalue weighted by Crippen LogP contribution is -2.32. The van der Waals surface area contributed by atoms with Gasteiger partial charge in [0, 0.05) is 16.6 Å². The van der Waals surface area contributed by atoms with Crippen LogP contribution in [0.15, 0.2) is 35.1 Å². The zero-order chi connectivity index (χ0) is 14.7.